The third kappa shape index (κ3) is 3.01. The van der Waals surface area contributed by atoms with E-state index < -0.39 is 0 Å². The number of aromatic nitrogens is 1. The molecule has 17 heavy (non-hydrogen) atoms. The van der Waals surface area contributed by atoms with Gasteiger partial charge in [0, 0.05) is 17.9 Å². The average molecular weight is 234 g/mol. The van der Waals surface area contributed by atoms with Crippen LogP contribution in [0.15, 0.2) is 18.3 Å². The van der Waals surface area contributed by atoms with Gasteiger partial charge in [-0.3, -0.25) is 15.2 Å². The van der Waals surface area contributed by atoms with E-state index >= 15 is 0 Å². The summed E-state index contributed by atoms with van der Waals surface area (Å²) in [6.07, 6.45) is 3.55. The third-order valence-electron chi connectivity index (χ3n) is 2.95. The molecule has 92 valence electrons. The van der Waals surface area contributed by atoms with Crippen LogP contribution in [0.5, 0.6) is 0 Å². The third-order valence-corrected chi connectivity index (χ3v) is 2.95. The molecule has 1 saturated heterocycles. The second-order valence-electron chi connectivity index (χ2n) is 4.34. The van der Waals surface area contributed by atoms with E-state index in [0.717, 1.165) is 18.5 Å². The van der Waals surface area contributed by atoms with E-state index in [4.69, 9.17) is 0 Å². The van der Waals surface area contributed by atoms with Crippen LogP contribution in [0.4, 0.5) is 0 Å². The van der Waals surface area contributed by atoms with Gasteiger partial charge in [-0.25, -0.2) is 5.43 Å². The highest BCUT2D eigenvalue weighted by Crippen LogP contribution is 2.07. The molecule has 2 heterocycles. The van der Waals surface area contributed by atoms with Gasteiger partial charge in [-0.15, -0.1) is 0 Å². The summed E-state index contributed by atoms with van der Waals surface area (Å²) in [6.45, 7) is 4.02. The lowest BCUT2D eigenvalue weighted by Gasteiger charge is -2.11. The van der Waals surface area contributed by atoms with E-state index in [9.17, 15) is 4.79 Å². The minimum absolute atomic E-state index is 0.00578. The molecule has 1 amide bonds. The van der Waals surface area contributed by atoms with Crippen molar-refractivity contribution >= 4 is 5.91 Å². The fourth-order valence-electron chi connectivity index (χ4n) is 1.83. The van der Waals surface area contributed by atoms with Crippen LogP contribution in [-0.4, -0.2) is 23.1 Å². The van der Waals surface area contributed by atoms with Crippen molar-refractivity contribution in [2.45, 2.75) is 38.9 Å². The van der Waals surface area contributed by atoms with Crippen molar-refractivity contribution in [3.8, 4) is 0 Å². The van der Waals surface area contributed by atoms with Crippen LogP contribution in [0.25, 0.3) is 0 Å². The van der Waals surface area contributed by atoms with E-state index in [2.05, 4.69) is 28.1 Å². The van der Waals surface area contributed by atoms with Crippen LogP contribution in [0, 0.1) is 6.92 Å². The van der Waals surface area contributed by atoms with Crippen LogP contribution in [0.2, 0.25) is 0 Å². The molecule has 1 aromatic heterocycles. The first kappa shape index (κ1) is 12.0. The van der Waals surface area contributed by atoms with Gasteiger partial charge in [0.05, 0.1) is 11.7 Å². The summed E-state index contributed by atoms with van der Waals surface area (Å²) in [5.41, 5.74) is 7.71. The Morgan fingerprint density at radius 1 is 1.53 bits per heavy atom. The number of nitrogens with one attached hydrogen (secondary N) is 3. The van der Waals surface area contributed by atoms with Crippen LogP contribution in [0.3, 0.4) is 0 Å². The number of hydrogen-bond donors (Lipinski definition) is 3. The first-order chi connectivity index (χ1) is 8.19. The number of carbonyl (C=O) groups excluding carboxylic acids is 1. The Morgan fingerprint density at radius 2 is 2.35 bits per heavy atom. The summed E-state index contributed by atoms with van der Waals surface area (Å²) >= 11 is 0. The largest absolute Gasteiger partial charge is 0.335 e. The zero-order valence-electron chi connectivity index (χ0n) is 10.2. The van der Waals surface area contributed by atoms with E-state index in [1.54, 1.807) is 12.3 Å². The Labute approximate surface area is 101 Å². The van der Waals surface area contributed by atoms with Gasteiger partial charge in [0.25, 0.3) is 5.91 Å². The Balaban J connectivity index is 1.91. The zero-order chi connectivity index (χ0) is 12.3. The van der Waals surface area contributed by atoms with Gasteiger partial charge in [-0.1, -0.05) is 6.92 Å². The average Bonchev–Trinajstić information content (AvgIpc) is 2.77. The van der Waals surface area contributed by atoms with Crippen molar-refractivity contribution in [1.82, 2.24) is 21.2 Å². The summed E-state index contributed by atoms with van der Waals surface area (Å²) in [5, 5.41) is 2.93. The molecule has 0 aliphatic carbocycles. The van der Waals surface area contributed by atoms with Crippen molar-refractivity contribution in [1.29, 1.82) is 0 Å². The summed E-state index contributed by atoms with van der Waals surface area (Å²) < 4.78 is 0. The van der Waals surface area contributed by atoms with Crippen LogP contribution in [0.1, 0.15) is 35.8 Å². The van der Waals surface area contributed by atoms with Gasteiger partial charge in [-0.2, -0.15) is 0 Å². The fraction of sp³-hybridized carbons (Fsp3) is 0.500. The Hall–Kier alpha value is -1.46. The first-order valence-corrected chi connectivity index (χ1v) is 5.93. The van der Waals surface area contributed by atoms with E-state index in [1.807, 2.05) is 13.0 Å². The molecule has 3 N–H and O–H groups in total. The highest BCUT2D eigenvalue weighted by molar-refractivity contribution is 5.94. The molecular formula is C12H18N4O. The normalized spacial score (nSPS) is 23.6. The molecule has 2 unspecified atom stereocenters. The fourth-order valence-corrected chi connectivity index (χ4v) is 1.83. The topological polar surface area (TPSA) is 66.0 Å². The molecule has 2 atom stereocenters. The maximum absolute atomic E-state index is 11.9. The predicted octanol–water partition coefficient (Wildman–Crippen LogP) is 0.722. The molecule has 1 fully saturated rings. The van der Waals surface area contributed by atoms with Crippen LogP contribution in [-0.2, 0) is 0 Å². The van der Waals surface area contributed by atoms with Gasteiger partial charge in [-0.05, 0) is 31.9 Å². The summed E-state index contributed by atoms with van der Waals surface area (Å²) in [7, 11) is 0. The molecule has 0 bridgehead atoms. The second kappa shape index (κ2) is 5.25. The Bertz CT molecular complexity index is 390. The number of rotatable bonds is 3. The number of hydrogen-bond acceptors (Lipinski definition) is 4. The number of hydrazine groups is 1. The van der Waals surface area contributed by atoms with E-state index in [0.29, 0.717) is 11.6 Å². The molecular weight excluding hydrogens is 216 g/mol. The van der Waals surface area contributed by atoms with Crippen LogP contribution >= 0.6 is 0 Å². The SMILES string of the molecule is CCC1CC(NC(=O)c2ccc(C)nc2)NN1. The molecule has 5 nitrogen and oxygen atoms in total. The highest BCUT2D eigenvalue weighted by atomic mass is 16.1. The maximum Gasteiger partial charge on any atom is 0.254 e. The molecule has 5 heteroatoms. The smallest absolute Gasteiger partial charge is 0.254 e. The summed E-state index contributed by atoms with van der Waals surface area (Å²) in [6, 6.07) is 4.05. The Morgan fingerprint density at radius 3 is 2.94 bits per heavy atom. The molecule has 1 aromatic rings. The monoisotopic (exact) mass is 234 g/mol. The minimum atomic E-state index is -0.0893. The lowest BCUT2D eigenvalue weighted by atomic mass is 10.1. The van der Waals surface area contributed by atoms with Gasteiger partial charge in [0.15, 0.2) is 0 Å². The van der Waals surface area contributed by atoms with Crippen molar-refractivity contribution in [3.05, 3.63) is 29.6 Å². The second-order valence-corrected chi connectivity index (χ2v) is 4.34. The molecule has 1 aliphatic rings. The van der Waals surface area contributed by atoms with Gasteiger partial charge in [0.2, 0.25) is 0 Å². The van der Waals surface area contributed by atoms with Gasteiger partial charge < -0.3 is 5.32 Å². The van der Waals surface area contributed by atoms with Gasteiger partial charge >= 0.3 is 0 Å². The number of aryl methyl sites for hydroxylation is 1. The van der Waals surface area contributed by atoms with Crippen molar-refractivity contribution in [2.24, 2.45) is 0 Å². The first-order valence-electron chi connectivity index (χ1n) is 5.93. The van der Waals surface area contributed by atoms with Crippen molar-refractivity contribution < 1.29 is 4.79 Å². The zero-order valence-corrected chi connectivity index (χ0v) is 10.2. The number of carbonyl (C=O) groups is 1. The highest BCUT2D eigenvalue weighted by Gasteiger charge is 2.23. The van der Waals surface area contributed by atoms with Gasteiger partial charge in [0.1, 0.15) is 0 Å². The summed E-state index contributed by atoms with van der Waals surface area (Å²) in [5.74, 6) is -0.0893. The van der Waals surface area contributed by atoms with Crippen LogP contribution < -0.4 is 16.2 Å². The molecule has 2 rings (SSSR count). The number of amides is 1. The molecule has 0 aromatic carbocycles. The van der Waals surface area contributed by atoms with E-state index in [1.165, 1.54) is 0 Å². The molecule has 0 spiro atoms. The maximum atomic E-state index is 11.9. The van der Waals surface area contributed by atoms with Crippen molar-refractivity contribution in [2.75, 3.05) is 0 Å². The molecule has 0 saturated carbocycles. The lowest BCUT2D eigenvalue weighted by molar-refractivity contribution is 0.0932. The number of nitrogens with zero attached hydrogens (tertiary/aromatic N) is 1. The lowest BCUT2D eigenvalue weighted by Crippen LogP contribution is -2.44. The van der Waals surface area contributed by atoms with E-state index in [-0.39, 0.29) is 12.1 Å². The molecule has 0 radical (unpaired) electrons. The summed E-state index contributed by atoms with van der Waals surface area (Å²) in [4.78, 5) is 16.0. The predicted molar refractivity (Wildman–Crippen MR) is 65.2 cm³/mol. The number of pyridine rings is 1. The molecule has 1 aliphatic heterocycles. The standard InChI is InChI=1S/C12H18N4O/c1-3-10-6-11(16-15-10)14-12(17)9-5-4-8(2)13-7-9/h4-5,7,10-11,15-16H,3,6H2,1-2H3,(H,14,17). The minimum Gasteiger partial charge on any atom is -0.335 e. The van der Waals surface area contributed by atoms with Crippen molar-refractivity contribution in [3.63, 3.8) is 0 Å². The Kier molecular flexibility index (Phi) is 3.71. The quantitative estimate of drug-likeness (QED) is 0.721.